The molecule has 104 valence electrons. The van der Waals surface area contributed by atoms with Crippen molar-refractivity contribution in [1.82, 2.24) is 15.1 Å². The first kappa shape index (κ1) is 14.5. The zero-order valence-electron chi connectivity index (χ0n) is 11.4. The summed E-state index contributed by atoms with van der Waals surface area (Å²) in [5.41, 5.74) is 2.53. The lowest BCUT2D eigenvalue weighted by Gasteiger charge is -2.36. The van der Waals surface area contributed by atoms with Gasteiger partial charge in [-0.3, -0.25) is 4.90 Å². The summed E-state index contributed by atoms with van der Waals surface area (Å²) in [7, 11) is 0. The SMILES string of the molecule is C=C(C)CNC(=S)N1CCN(Cc2ccsc2)CC1. The first-order valence-corrected chi connectivity index (χ1v) is 7.91. The molecule has 2 heterocycles. The van der Waals surface area contributed by atoms with E-state index < -0.39 is 0 Å². The minimum Gasteiger partial charge on any atom is -0.359 e. The van der Waals surface area contributed by atoms with Crippen LogP contribution in [0, 0.1) is 0 Å². The van der Waals surface area contributed by atoms with Gasteiger partial charge < -0.3 is 10.2 Å². The second kappa shape index (κ2) is 7.03. The molecule has 0 atom stereocenters. The van der Waals surface area contributed by atoms with Crippen LogP contribution in [-0.4, -0.2) is 47.6 Å². The first-order valence-electron chi connectivity index (χ1n) is 6.56. The van der Waals surface area contributed by atoms with E-state index in [4.69, 9.17) is 12.2 Å². The maximum absolute atomic E-state index is 5.40. The first-order chi connectivity index (χ1) is 9.15. The molecule has 1 saturated heterocycles. The highest BCUT2D eigenvalue weighted by Gasteiger charge is 2.18. The number of thiophene rings is 1. The van der Waals surface area contributed by atoms with Crippen LogP contribution in [0.5, 0.6) is 0 Å². The van der Waals surface area contributed by atoms with Gasteiger partial charge in [-0.2, -0.15) is 11.3 Å². The molecule has 5 heteroatoms. The monoisotopic (exact) mass is 295 g/mol. The van der Waals surface area contributed by atoms with Crippen molar-refractivity contribution in [1.29, 1.82) is 0 Å². The van der Waals surface area contributed by atoms with E-state index in [1.807, 2.05) is 6.92 Å². The molecule has 19 heavy (non-hydrogen) atoms. The second-order valence-corrected chi connectivity index (χ2v) is 6.18. The van der Waals surface area contributed by atoms with Crippen LogP contribution >= 0.6 is 23.6 Å². The number of hydrogen-bond donors (Lipinski definition) is 1. The number of piperazine rings is 1. The lowest BCUT2D eigenvalue weighted by atomic mass is 10.2. The van der Waals surface area contributed by atoms with Gasteiger partial charge in [0.2, 0.25) is 0 Å². The van der Waals surface area contributed by atoms with Crippen LogP contribution in [-0.2, 0) is 6.54 Å². The van der Waals surface area contributed by atoms with Gasteiger partial charge in [0.25, 0.3) is 0 Å². The van der Waals surface area contributed by atoms with Gasteiger partial charge in [0.05, 0.1) is 0 Å². The smallest absolute Gasteiger partial charge is 0.169 e. The highest BCUT2D eigenvalue weighted by molar-refractivity contribution is 7.80. The van der Waals surface area contributed by atoms with E-state index in [-0.39, 0.29) is 0 Å². The third-order valence-electron chi connectivity index (χ3n) is 3.19. The topological polar surface area (TPSA) is 18.5 Å². The molecule has 1 aromatic heterocycles. The van der Waals surface area contributed by atoms with Gasteiger partial charge >= 0.3 is 0 Å². The van der Waals surface area contributed by atoms with Crippen LogP contribution in [0.1, 0.15) is 12.5 Å². The van der Waals surface area contributed by atoms with Crippen molar-refractivity contribution in [2.75, 3.05) is 32.7 Å². The Morgan fingerprint density at radius 1 is 1.42 bits per heavy atom. The van der Waals surface area contributed by atoms with Crippen LogP contribution in [0.15, 0.2) is 29.0 Å². The molecule has 0 aromatic carbocycles. The summed E-state index contributed by atoms with van der Waals surface area (Å²) in [6.07, 6.45) is 0. The van der Waals surface area contributed by atoms with Crippen LogP contribution in [0.25, 0.3) is 0 Å². The molecule has 2 rings (SSSR count). The lowest BCUT2D eigenvalue weighted by molar-refractivity contribution is 0.175. The van der Waals surface area contributed by atoms with Crippen LogP contribution in [0.2, 0.25) is 0 Å². The van der Waals surface area contributed by atoms with E-state index in [1.54, 1.807) is 11.3 Å². The predicted octanol–water partition coefficient (Wildman–Crippen LogP) is 2.32. The second-order valence-electron chi connectivity index (χ2n) is 5.01. The molecule has 0 radical (unpaired) electrons. The van der Waals surface area contributed by atoms with Crippen LogP contribution in [0.3, 0.4) is 0 Å². The zero-order valence-corrected chi connectivity index (χ0v) is 13.0. The summed E-state index contributed by atoms with van der Waals surface area (Å²) in [5, 5.41) is 8.48. The number of hydrogen-bond acceptors (Lipinski definition) is 3. The molecule has 0 aliphatic carbocycles. The van der Waals surface area contributed by atoms with Gasteiger partial charge in [-0.1, -0.05) is 12.2 Å². The van der Waals surface area contributed by atoms with E-state index in [0.29, 0.717) is 0 Å². The van der Waals surface area contributed by atoms with Gasteiger partial charge in [0, 0.05) is 39.3 Å². The van der Waals surface area contributed by atoms with Gasteiger partial charge in [-0.15, -0.1) is 0 Å². The van der Waals surface area contributed by atoms with Crippen molar-refractivity contribution in [2.45, 2.75) is 13.5 Å². The molecule has 0 unspecified atom stereocenters. The van der Waals surface area contributed by atoms with Crippen LogP contribution in [0.4, 0.5) is 0 Å². The molecule has 0 bridgehead atoms. The summed E-state index contributed by atoms with van der Waals surface area (Å²) < 4.78 is 0. The highest BCUT2D eigenvalue weighted by atomic mass is 32.1. The number of thiocarbonyl (C=S) groups is 1. The molecule has 1 fully saturated rings. The Morgan fingerprint density at radius 3 is 2.74 bits per heavy atom. The van der Waals surface area contributed by atoms with Gasteiger partial charge in [0.1, 0.15) is 0 Å². The third-order valence-corrected chi connectivity index (χ3v) is 4.32. The standard InChI is InChI=1S/C14H21N3S2/c1-12(2)9-15-14(18)17-6-4-16(5-7-17)10-13-3-8-19-11-13/h3,8,11H,1,4-7,9-10H2,2H3,(H,15,18). The molecular formula is C14H21N3S2. The predicted molar refractivity (Wildman–Crippen MR) is 86.6 cm³/mol. The van der Waals surface area contributed by atoms with Crippen molar-refractivity contribution in [2.24, 2.45) is 0 Å². The summed E-state index contributed by atoms with van der Waals surface area (Å²) >= 11 is 7.17. The fraction of sp³-hybridized carbons (Fsp3) is 0.500. The quantitative estimate of drug-likeness (QED) is 0.678. The van der Waals surface area contributed by atoms with E-state index in [0.717, 1.165) is 50.0 Å². The van der Waals surface area contributed by atoms with Gasteiger partial charge in [0.15, 0.2) is 5.11 Å². The largest absolute Gasteiger partial charge is 0.359 e. The Balaban J connectivity index is 1.72. The average Bonchev–Trinajstić information content (AvgIpc) is 2.89. The molecule has 1 aliphatic rings. The molecule has 1 aromatic rings. The molecule has 0 spiro atoms. The Morgan fingerprint density at radius 2 is 2.16 bits per heavy atom. The van der Waals surface area contributed by atoms with Crippen molar-refractivity contribution in [3.05, 3.63) is 34.5 Å². The normalized spacial score (nSPS) is 16.4. The molecule has 0 saturated carbocycles. The van der Waals surface area contributed by atoms with Crippen molar-refractivity contribution in [3.8, 4) is 0 Å². The number of nitrogens with zero attached hydrogens (tertiary/aromatic N) is 2. The minimum absolute atomic E-state index is 0.772. The molecule has 1 N–H and O–H groups in total. The van der Waals surface area contributed by atoms with Gasteiger partial charge in [-0.05, 0) is 41.5 Å². The van der Waals surface area contributed by atoms with Crippen molar-refractivity contribution < 1.29 is 0 Å². The van der Waals surface area contributed by atoms with E-state index >= 15 is 0 Å². The summed E-state index contributed by atoms with van der Waals surface area (Å²) in [6, 6.07) is 2.20. The molecular weight excluding hydrogens is 274 g/mol. The fourth-order valence-corrected chi connectivity index (χ4v) is 3.00. The van der Waals surface area contributed by atoms with Crippen molar-refractivity contribution in [3.63, 3.8) is 0 Å². The number of nitrogens with one attached hydrogen (secondary N) is 1. The van der Waals surface area contributed by atoms with E-state index in [9.17, 15) is 0 Å². The maximum Gasteiger partial charge on any atom is 0.169 e. The van der Waals surface area contributed by atoms with Gasteiger partial charge in [-0.25, -0.2) is 0 Å². The van der Waals surface area contributed by atoms with E-state index in [2.05, 4.69) is 38.5 Å². The third kappa shape index (κ3) is 4.60. The fourth-order valence-electron chi connectivity index (χ4n) is 2.09. The Hall–Kier alpha value is -0.910. The van der Waals surface area contributed by atoms with Crippen LogP contribution < -0.4 is 5.32 Å². The average molecular weight is 295 g/mol. The Bertz CT molecular complexity index is 420. The Kier molecular flexibility index (Phi) is 5.36. The molecule has 3 nitrogen and oxygen atoms in total. The van der Waals surface area contributed by atoms with Crippen molar-refractivity contribution >= 4 is 28.7 Å². The summed E-state index contributed by atoms with van der Waals surface area (Å²) in [4.78, 5) is 4.74. The highest BCUT2D eigenvalue weighted by Crippen LogP contribution is 2.11. The number of rotatable bonds is 4. The van der Waals surface area contributed by atoms with E-state index in [1.165, 1.54) is 5.56 Å². The molecule has 0 amide bonds. The maximum atomic E-state index is 5.40. The lowest BCUT2D eigenvalue weighted by Crippen LogP contribution is -2.51. The zero-order chi connectivity index (χ0) is 13.7. The minimum atomic E-state index is 0.772. The molecule has 1 aliphatic heterocycles. The summed E-state index contributed by atoms with van der Waals surface area (Å²) in [6.45, 7) is 11.9. The Labute approximate surface area is 124 Å². The summed E-state index contributed by atoms with van der Waals surface area (Å²) in [5.74, 6) is 0.